The second-order valence-electron chi connectivity index (χ2n) is 5.94. The van der Waals surface area contributed by atoms with E-state index < -0.39 is 73.1 Å². The number of anilines is 1. The average Bonchev–Trinajstić information content (AvgIpc) is 3.12. The minimum atomic E-state index is -1.42. The third kappa shape index (κ3) is 4.61. The van der Waals surface area contributed by atoms with Gasteiger partial charge in [-0.1, -0.05) is 0 Å². The molecule has 0 saturated carbocycles. The Labute approximate surface area is 161 Å². The maximum atomic E-state index is 11.5. The molecule has 2 aliphatic heterocycles. The summed E-state index contributed by atoms with van der Waals surface area (Å²) in [5, 5.41) is 63.1. The second kappa shape index (κ2) is 9.12. The highest BCUT2D eigenvalue weighted by Gasteiger charge is 2.44. The van der Waals surface area contributed by atoms with Crippen molar-refractivity contribution in [2.24, 2.45) is 0 Å². The molecule has 0 spiro atoms. The van der Waals surface area contributed by atoms with Crippen molar-refractivity contribution < 1.29 is 50.0 Å². The fraction of sp³-hybridized carbons (Fsp3) is 0.571. The van der Waals surface area contributed by atoms with Crippen LogP contribution in [0.1, 0.15) is 6.23 Å². The van der Waals surface area contributed by atoms with Crippen LogP contribution in [0.4, 0.5) is 5.95 Å². The summed E-state index contributed by atoms with van der Waals surface area (Å²) in [6.07, 6.45) is -6.45. The highest BCUT2D eigenvalue weighted by molar-refractivity contribution is 5.89. The summed E-state index contributed by atoms with van der Waals surface area (Å²) in [6.45, 7) is -1.14. The molecule has 1 saturated heterocycles. The van der Waals surface area contributed by atoms with Crippen molar-refractivity contribution in [1.82, 2.24) is 14.5 Å². The van der Waals surface area contributed by atoms with E-state index in [1.54, 1.807) is 0 Å². The van der Waals surface area contributed by atoms with E-state index in [-0.39, 0.29) is 5.95 Å². The van der Waals surface area contributed by atoms with Gasteiger partial charge in [-0.05, 0) is 0 Å². The highest BCUT2D eigenvalue weighted by Crippen LogP contribution is 2.27. The highest BCUT2D eigenvalue weighted by atomic mass is 16.6. The molecular weight excluding hydrogens is 400 g/mol. The van der Waals surface area contributed by atoms with Gasteiger partial charge in [0, 0.05) is 0 Å². The zero-order valence-electron chi connectivity index (χ0n) is 14.6. The fourth-order valence-electron chi connectivity index (χ4n) is 2.46. The number of aliphatic hydroxyl groups is 7. The van der Waals surface area contributed by atoms with E-state index in [4.69, 9.17) is 36.0 Å². The summed E-state index contributed by atoms with van der Waals surface area (Å²) >= 11 is 0. The molecule has 0 bridgehead atoms. The van der Waals surface area contributed by atoms with Gasteiger partial charge >= 0.3 is 11.7 Å². The first-order chi connectivity index (χ1) is 13.6. The minimum absolute atomic E-state index is 0.196. The third-order valence-electron chi connectivity index (χ3n) is 4.01. The molecule has 0 aromatic carbocycles. The van der Waals surface area contributed by atoms with Gasteiger partial charge in [0.15, 0.2) is 18.1 Å². The molecule has 15 nitrogen and oxygen atoms in total. The summed E-state index contributed by atoms with van der Waals surface area (Å²) < 4.78 is 10.4. The van der Waals surface area contributed by atoms with E-state index in [0.29, 0.717) is 0 Å². The van der Waals surface area contributed by atoms with Crippen molar-refractivity contribution in [3.63, 3.8) is 0 Å². The number of rotatable bonds is 4. The SMILES string of the molecule is Nc1ncn([C@@H]2O[C@H](CO)[C@@H](O)[C@H]2O)c(=O)n1.O=C1O[C@H]([C@@H](O)CO)C(O)=C1O. The van der Waals surface area contributed by atoms with Crippen LogP contribution < -0.4 is 11.4 Å². The lowest BCUT2D eigenvalue weighted by Gasteiger charge is -2.16. The summed E-state index contributed by atoms with van der Waals surface area (Å²) in [4.78, 5) is 29.0. The molecule has 0 amide bonds. The first-order valence-corrected chi connectivity index (χ1v) is 8.07. The van der Waals surface area contributed by atoms with Crippen LogP contribution in [0.3, 0.4) is 0 Å². The number of carbonyl (C=O) groups is 1. The quantitative estimate of drug-likeness (QED) is 0.213. The molecule has 0 radical (unpaired) electrons. The fourth-order valence-corrected chi connectivity index (χ4v) is 2.46. The number of aromatic nitrogens is 3. The topological polar surface area (TPSA) is 251 Å². The lowest BCUT2D eigenvalue weighted by atomic mass is 10.1. The molecule has 162 valence electrons. The molecule has 9 N–H and O–H groups in total. The Morgan fingerprint density at radius 1 is 1.21 bits per heavy atom. The molecule has 15 heteroatoms. The Hall–Kier alpha value is -2.82. The van der Waals surface area contributed by atoms with E-state index in [1.807, 2.05) is 0 Å². The zero-order chi connectivity index (χ0) is 21.9. The maximum absolute atomic E-state index is 11.5. The molecule has 2 aliphatic rings. The van der Waals surface area contributed by atoms with Crippen molar-refractivity contribution in [2.75, 3.05) is 18.9 Å². The van der Waals surface area contributed by atoms with Gasteiger partial charge in [0.1, 0.15) is 30.7 Å². The lowest BCUT2D eigenvalue weighted by Crippen LogP contribution is -2.36. The Morgan fingerprint density at radius 2 is 1.86 bits per heavy atom. The van der Waals surface area contributed by atoms with Crippen LogP contribution in [0.5, 0.6) is 0 Å². The number of nitrogens with two attached hydrogens (primary N) is 1. The van der Waals surface area contributed by atoms with E-state index in [9.17, 15) is 19.8 Å². The number of hydrogen-bond donors (Lipinski definition) is 8. The van der Waals surface area contributed by atoms with Gasteiger partial charge in [0.05, 0.1) is 13.2 Å². The predicted molar refractivity (Wildman–Crippen MR) is 89.0 cm³/mol. The van der Waals surface area contributed by atoms with Crippen molar-refractivity contribution in [3.05, 3.63) is 28.3 Å². The van der Waals surface area contributed by atoms with Crippen molar-refractivity contribution in [1.29, 1.82) is 0 Å². The molecule has 3 heterocycles. The van der Waals surface area contributed by atoms with E-state index >= 15 is 0 Å². The molecular formula is C14H20N4O11. The van der Waals surface area contributed by atoms with Crippen LogP contribution >= 0.6 is 0 Å². The van der Waals surface area contributed by atoms with Crippen LogP contribution in [-0.2, 0) is 14.3 Å². The Bertz CT molecular complexity index is 828. The standard InChI is InChI=1S/C8H12N4O5.C6H8O6/c9-7-10-2-12(8(16)11-7)6-5(15)4(14)3(1-13)17-6;7-1-2(8)5-3(9)4(10)6(11)12-5/h2-6,13-15H,1H2,(H2,9,11,16);2,5,7-10H,1H2/t3-,4-,5-,6-;2-,5+/m10/s1. The molecule has 1 aromatic heterocycles. The normalized spacial score (nSPS) is 30.0. The van der Waals surface area contributed by atoms with Crippen molar-refractivity contribution in [3.8, 4) is 0 Å². The number of ether oxygens (including phenoxy) is 2. The van der Waals surface area contributed by atoms with Crippen molar-refractivity contribution in [2.45, 2.75) is 36.7 Å². The Morgan fingerprint density at radius 3 is 2.31 bits per heavy atom. The predicted octanol–water partition coefficient (Wildman–Crippen LogP) is -4.58. The number of esters is 1. The lowest BCUT2D eigenvalue weighted by molar-refractivity contribution is -0.147. The molecule has 1 fully saturated rings. The van der Waals surface area contributed by atoms with Crippen LogP contribution in [-0.4, -0.2) is 100.0 Å². The summed E-state index contributed by atoms with van der Waals surface area (Å²) in [6, 6.07) is 0. The molecule has 0 aliphatic carbocycles. The molecule has 0 unspecified atom stereocenters. The zero-order valence-corrected chi connectivity index (χ0v) is 14.6. The first-order valence-electron chi connectivity index (χ1n) is 8.07. The first kappa shape index (κ1) is 22.5. The number of cyclic esters (lactones) is 1. The van der Waals surface area contributed by atoms with Gasteiger partial charge in [-0.2, -0.15) is 4.98 Å². The number of nitrogen functional groups attached to an aromatic ring is 1. The van der Waals surface area contributed by atoms with Gasteiger partial charge in [-0.25, -0.2) is 14.6 Å². The summed E-state index contributed by atoms with van der Waals surface area (Å²) in [5.74, 6) is -2.97. The van der Waals surface area contributed by atoms with Gasteiger partial charge < -0.3 is 51.0 Å². The third-order valence-corrected chi connectivity index (χ3v) is 4.01. The monoisotopic (exact) mass is 420 g/mol. The van der Waals surface area contributed by atoms with E-state index in [1.165, 1.54) is 0 Å². The van der Waals surface area contributed by atoms with Gasteiger partial charge in [0.25, 0.3) is 0 Å². The van der Waals surface area contributed by atoms with Crippen molar-refractivity contribution >= 4 is 11.9 Å². The molecule has 1 aromatic rings. The van der Waals surface area contributed by atoms with Crippen LogP contribution in [0.2, 0.25) is 0 Å². The Balaban J connectivity index is 0.000000221. The van der Waals surface area contributed by atoms with Gasteiger partial charge in [-0.3, -0.25) is 4.57 Å². The van der Waals surface area contributed by atoms with Gasteiger partial charge in [0.2, 0.25) is 11.7 Å². The summed E-state index contributed by atoms with van der Waals surface area (Å²) in [5.41, 5.74) is 4.46. The smallest absolute Gasteiger partial charge is 0.377 e. The Kier molecular flexibility index (Phi) is 7.07. The molecule has 3 rings (SSSR count). The minimum Gasteiger partial charge on any atom is -0.505 e. The van der Waals surface area contributed by atoms with Crippen LogP contribution in [0, 0.1) is 0 Å². The number of carbonyl (C=O) groups excluding carboxylic acids is 1. The van der Waals surface area contributed by atoms with E-state index in [0.717, 1.165) is 10.9 Å². The number of nitrogens with zero attached hydrogens (tertiary/aromatic N) is 3. The second-order valence-corrected chi connectivity index (χ2v) is 5.94. The van der Waals surface area contributed by atoms with Crippen LogP contribution in [0.15, 0.2) is 22.6 Å². The maximum Gasteiger partial charge on any atom is 0.377 e. The largest absolute Gasteiger partial charge is 0.505 e. The molecule has 6 atom stereocenters. The van der Waals surface area contributed by atoms with Crippen LogP contribution in [0.25, 0.3) is 0 Å². The number of aliphatic hydroxyl groups excluding tert-OH is 7. The van der Waals surface area contributed by atoms with E-state index in [2.05, 4.69) is 14.7 Å². The molecule has 29 heavy (non-hydrogen) atoms. The average molecular weight is 420 g/mol. The summed E-state index contributed by atoms with van der Waals surface area (Å²) in [7, 11) is 0. The van der Waals surface area contributed by atoms with Gasteiger partial charge in [-0.15, -0.1) is 0 Å². The number of hydrogen-bond acceptors (Lipinski definition) is 14.